The van der Waals surface area contributed by atoms with Crippen LogP contribution in [0.15, 0.2) is 24.3 Å². The Balaban J connectivity index is 1.44. The number of carbonyl (C=O) groups is 5. The zero-order valence-electron chi connectivity index (χ0n) is 15.4. The molecule has 4 rings (SSSR count). The van der Waals surface area contributed by atoms with Crippen molar-refractivity contribution in [3.8, 4) is 0 Å². The SMILES string of the molecule is O=C(CN1C(=O)c2ccccc2C1=O)CN1C(=O)NC2(CCCCCC2)C1=O. The van der Waals surface area contributed by atoms with Crippen molar-refractivity contribution in [3.63, 3.8) is 0 Å². The standard InChI is InChI=1S/C20H21N3O5/c24-13(11-22-16(25)14-7-3-4-8-15(14)17(22)26)12-23-18(27)20(21-19(23)28)9-5-1-2-6-10-20/h3-4,7-8H,1-2,5-6,9-12H2,(H,21,28). The molecule has 1 saturated heterocycles. The largest absolute Gasteiger partial charge is 0.325 e. The van der Waals surface area contributed by atoms with Crippen molar-refractivity contribution in [2.75, 3.05) is 13.1 Å². The second-order valence-electron chi connectivity index (χ2n) is 7.60. The van der Waals surface area contributed by atoms with Crippen LogP contribution in [-0.2, 0) is 9.59 Å². The summed E-state index contributed by atoms with van der Waals surface area (Å²) in [6, 6.07) is 5.78. The maximum atomic E-state index is 12.9. The molecule has 1 aromatic rings. The molecule has 1 N–H and O–H groups in total. The first-order valence-electron chi connectivity index (χ1n) is 9.54. The zero-order valence-corrected chi connectivity index (χ0v) is 15.4. The first-order chi connectivity index (χ1) is 13.4. The molecule has 5 amide bonds. The van der Waals surface area contributed by atoms with Crippen molar-refractivity contribution in [3.05, 3.63) is 35.4 Å². The number of benzene rings is 1. The highest BCUT2D eigenvalue weighted by Gasteiger charge is 2.51. The van der Waals surface area contributed by atoms with Crippen molar-refractivity contribution in [1.29, 1.82) is 0 Å². The molecule has 8 nitrogen and oxygen atoms in total. The number of hydrogen-bond donors (Lipinski definition) is 1. The van der Waals surface area contributed by atoms with E-state index < -0.39 is 42.3 Å². The Labute approximate surface area is 161 Å². The third-order valence-corrected chi connectivity index (χ3v) is 5.75. The summed E-state index contributed by atoms with van der Waals surface area (Å²) < 4.78 is 0. The fraction of sp³-hybridized carbons (Fsp3) is 0.450. The lowest BCUT2D eigenvalue weighted by molar-refractivity contribution is -0.134. The van der Waals surface area contributed by atoms with Gasteiger partial charge in [0.2, 0.25) is 0 Å². The van der Waals surface area contributed by atoms with Crippen LogP contribution in [0, 0.1) is 0 Å². The highest BCUT2D eigenvalue weighted by atomic mass is 16.2. The van der Waals surface area contributed by atoms with Crippen LogP contribution in [-0.4, -0.2) is 58.0 Å². The van der Waals surface area contributed by atoms with Crippen LogP contribution in [0.2, 0.25) is 0 Å². The van der Waals surface area contributed by atoms with Gasteiger partial charge in [0.25, 0.3) is 17.7 Å². The summed E-state index contributed by atoms with van der Waals surface area (Å²) in [6.07, 6.45) is 4.88. The van der Waals surface area contributed by atoms with Crippen LogP contribution in [0.1, 0.15) is 59.2 Å². The minimum Gasteiger partial charge on any atom is -0.323 e. The quantitative estimate of drug-likeness (QED) is 0.627. The van der Waals surface area contributed by atoms with E-state index in [4.69, 9.17) is 0 Å². The number of carbonyl (C=O) groups excluding carboxylic acids is 5. The normalized spacial score (nSPS) is 21.1. The summed E-state index contributed by atoms with van der Waals surface area (Å²) in [5.74, 6) is -1.99. The van der Waals surface area contributed by atoms with E-state index in [1.165, 1.54) is 12.1 Å². The molecule has 1 spiro atoms. The van der Waals surface area contributed by atoms with Gasteiger partial charge in [-0.25, -0.2) is 4.79 Å². The van der Waals surface area contributed by atoms with E-state index in [1.807, 2.05) is 0 Å². The molecule has 0 aromatic heterocycles. The third kappa shape index (κ3) is 2.89. The van der Waals surface area contributed by atoms with E-state index in [9.17, 15) is 24.0 Å². The van der Waals surface area contributed by atoms with Crippen molar-refractivity contribution in [2.24, 2.45) is 0 Å². The van der Waals surface area contributed by atoms with Gasteiger partial charge in [0.15, 0.2) is 5.78 Å². The molecule has 0 radical (unpaired) electrons. The molecule has 0 atom stereocenters. The van der Waals surface area contributed by atoms with Gasteiger partial charge in [0, 0.05) is 0 Å². The number of hydrogen-bond acceptors (Lipinski definition) is 5. The average Bonchev–Trinajstić information content (AvgIpc) is 2.93. The molecule has 1 saturated carbocycles. The molecule has 2 aliphatic heterocycles. The lowest BCUT2D eigenvalue weighted by atomic mass is 9.90. The number of amides is 5. The van der Waals surface area contributed by atoms with Gasteiger partial charge in [0.1, 0.15) is 5.54 Å². The minimum atomic E-state index is -0.913. The average molecular weight is 383 g/mol. The predicted octanol–water partition coefficient (Wildman–Crippen LogP) is 1.50. The van der Waals surface area contributed by atoms with Crippen LogP contribution in [0.4, 0.5) is 4.79 Å². The van der Waals surface area contributed by atoms with Gasteiger partial charge in [0.05, 0.1) is 24.2 Å². The van der Waals surface area contributed by atoms with Crippen molar-refractivity contribution in [2.45, 2.75) is 44.1 Å². The van der Waals surface area contributed by atoms with E-state index >= 15 is 0 Å². The monoisotopic (exact) mass is 383 g/mol. The Bertz CT molecular complexity index is 851. The molecule has 2 fully saturated rings. The summed E-state index contributed by atoms with van der Waals surface area (Å²) in [7, 11) is 0. The van der Waals surface area contributed by atoms with Gasteiger partial charge in [-0.1, -0.05) is 37.8 Å². The molecule has 146 valence electrons. The van der Waals surface area contributed by atoms with Crippen molar-refractivity contribution < 1.29 is 24.0 Å². The van der Waals surface area contributed by atoms with Gasteiger partial charge in [-0.3, -0.25) is 29.0 Å². The van der Waals surface area contributed by atoms with E-state index in [0.717, 1.165) is 35.5 Å². The third-order valence-electron chi connectivity index (χ3n) is 5.75. The number of fused-ring (bicyclic) bond motifs is 1. The second-order valence-corrected chi connectivity index (χ2v) is 7.60. The fourth-order valence-corrected chi connectivity index (χ4v) is 4.28. The maximum Gasteiger partial charge on any atom is 0.325 e. The van der Waals surface area contributed by atoms with Gasteiger partial charge in [-0.05, 0) is 25.0 Å². The molecule has 0 bridgehead atoms. The van der Waals surface area contributed by atoms with E-state index in [-0.39, 0.29) is 17.0 Å². The molecular weight excluding hydrogens is 362 g/mol. The summed E-state index contributed by atoms with van der Waals surface area (Å²) in [4.78, 5) is 64.3. The number of urea groups is 1. The summed E-state index contributed by atoms with van der Waals surface area (Å²) in [6.45, 7) is -0.907. The van der Waals surface area contributed by atoms with Gasteiger partial charge < -0.3 is 5.32 Å². The van der Waals surface area contributed by atoms with Gasteiger partial charge in [-0.2, -0.15) is 0 Å². The highest BCUT2D eigenvalue weighted by molar-refractivity contribution is 6.22. The lowest BCUT2D eigenvalue weighted by Gasteiger charge is -2.24. The van der Waals surface area contributed by atoms with Crippen LogP contribution < -0.4 is 5.32 Å². The Hall–Kier alpha value is -3.03. The number of nitrogens with one attached hydrogen (secondary N) is 1. The zero-order chi connectivity index (χ0) is 19.9. The van der Waals surface area contributed by atoms with Crippen LogP contribution in [0.25, 0.3) is 0 Å². The molecule has 28 heavy (non-hydrogen) atoms. The van der Waals surface area contributed by atoms with E-state index in [0.29, 0.717) is 12.8 Å². The summed E-state index contributed by atoms with van der Waals surface area (Å²) in [5.41, 5.74) is -0.399. The van der Waals surface area contributed by atoms with Crippen LogP contribution >= 0.6 is 0 Å². The molecule has 0 unspecified atom stereocenters. The summed E-state index contributed by atoms with van der Waals surface area (Å²) in [5, 5.41) is 2.78. The number of Topliss-reactive ketones (excluding diaryl/α,β-unsaturated/α-hetero) is 1. The lowest BCUT2D eigenvalue weighted by Crippen LogP contribution is -2.47. The van der Waals surface area contributed by atoms with E-state index in [1.54, 1.807) is 12.1 Å². The molecule has 1 aromatic carbocycles. The number of rotatable bonds is 4. The predicted molar refractivity (Wildman–Crippen MR) is 97.5 cm³/mol. The molecule has 8 heteroatoms. The van der Waals surface area contributed by atoms with E-state index in [2.05, 4.69) is 5.32 Å². The van der Waals surface area contributed by atoms with Gasteiger partial charge in [-0.15, -0.1) is 0 Å². The summed E-state index contributed by atoms with van der Waals surface area (Å²) >= 11 is 0. The number of nitrogens with zero attached hydrogens (tertiary/aromatic N) is 2. The van der Waals surface area contributed by atoms with Gasteiger partial charge >= 0.3 is 6.03 Å². The number of imide groups is 2. The molecule has 1 aliphatic carbocycles. The highest BCUT2D eigenvalue weighted by Crippen LogP contribution is 2.32. The Kier molecular flexibility index (Phi) is 4.49. The number of ketones is 1. The van der Waals surface area contributed by atoms with Crippen LogP contribution in [0.5, 0.6) is 0 Å². The Morgan fingerprint density at radius 3 is 1.96 bits per heavy atom. The molecule has 3 aliphatic rings. The first-order valence-corrected chi connectivity index (χ1v) is 9.54. The smallest absolute Gasteiger partial charge is 0.323 e. The minimum absolute atomic E-state index is 0.257. The first kappa shape index (κ1) is 18.3. The van der Waals surface area contributed by atoms with Crippen LogP contribution in [0.3, 0.4) is 0 Å². The fourth-order valence-electron chi connectivity index (χ4n) is 4.28. The topological polar surface area (TPSA) is 104 Å². The Morgan fingerprint density at radius 2 is 1.39 bits per heavy atom. The maximum absolute atomic E-state index is 12.9. The Morgan fingerprint density at radius 1 is 0.857 bits per heavy atom. The van der Waals surface area contributed by atoms with Crippen molar-refractivity contribution in [1.82, 2.24) is 15.1 Å². The molecular formula is C20H21N3O5. The second kappa shape index (κ2) is 6.85. The molecule has 2 heterocycles. The van der Waals surface area contributed by atoms with Crippen molar-refractivity contribution >= 4 is 29.5 Å².